The van der Waals surface area contributed by atoms with Crippen molar-refractivity contribution in [1.29, 1.82) is 0 Å². The molecule has 0 aliphatic carbocycles. The summed E-state index contributed by atoms with van der Waals surface area (Å²) in [7, 11) is 1.63. The van der Waals surface area contributed by atoms with E-state index in [2.05, 4.69) is 6.92 Å². The van der Waals surface area contributed by atoms with Gasteiger partial charge in [-0.2, -0.15) is 0 Å². The van der Waals surface area contributed by atoms with Gasteiger partial charge < -0.3 is 19.9 Å². The van der Waals surface area contributed by atoms with Crippen molar-refractivity contribution in [2.45, 2.75) is 20.3 Å². The highest BCUT2D eigenvalue weighted by Crippen LogP contribution is 2.34. The molecule has 2 aromatic rings. The zero-order valence-electron chi connectivity index (χ0n) is 12.7. The maximum absolute atomic E-state index is 5.88. The normalized spacial score (nSPS) is 10.2. The van der Waals surface area contributed by atoms with E-state index < -0.39 is 0 Å². The van der Waals surface area contributed by atoms with Crippen LogP contribution in [0.3, 0.4) is 0 Å². The Morgan fingerprint density at radius 1 is 0.952 bits per heavy atom. The molecule has 0 aliphatic rings. The molecular formula is C17H21NO3. The Morgan fingerprint density at radius 3 is 2.38 bits per heavy atom. The van der Waals surface area contributed by atoms with E-state index in [9.17, 15) is 0 Å². The predicted molar refractivity (Wildman–Crippen MR) is 84.5 cm³/mol. The van der Waals surface area contributed by atoms with E-state index in [4.69, 9.17) is 19.9 Å². The third kappa shape index (κ3) is 3.81. The molecule has 0 amide bonds. The molecule has 2 N–H and O–H groups in total. The molecule has 0 aromatic heterocycles. The fraction of sp³-hybridized carbons (Fsp3) is 0.294. The van der Waals surface area contributed by atoms with Crippen molar-refractivity contribution < 1.29 is 14.2 Å². The number of nitrogens with two attached hydrogens (primary N) is 1. The highest BCUT2D eigenvalue weighted by Gasteiger charge is 2.08. The molecule has 0 bridgehead atoms. The Labute approximate surface area is 125 Å². The summed E-state index contributed by atoms with van der Waals surface area (Å²) >= 11 is 0. The first-order chi connectivity index (χ1) is 10.2. The van der Waals surface area contributed by atoms with Gasteiger partial charge >= 0.3 is 0 Å². The van der Waals surface area contributed by atoms with Crippen LogP contribution >= 0.6 is 0 Å². The SMILES string of the molecule is CCOc1cc(N)cc(Oc2ccc(CC)cc2OC)c1. The molecule has 0 spiro atoms. The second kappa shape index (κ2) is 6.88. The third-order valence-corrected chi connectivity index (χ3v) is 3.08. The lowest BCUT2D eigenvalue weighted by molar-refractivity contribution is 0.337. The van der Waals surface area contributed by atoms with Crippen molar-refractivity contribution in [3.8, 4) is 23.0 Å². The van der Waals surface area contributed by atoms with E-state index in [1.54, 1.807) is 19.2 Å². The van der Waals surface area contributed by atoms with Gasteiger partial charge in [0.25, 0.3) is 0 Å². The predicted octanol–water partition coefficient (Wildman–Crippen LogP) is 4.03. The number of anilines is 1. The molecule has 4 nitrogen and oxygen atoms in total. The van der Waals surface area contributed by atoms with E-state index in [0.29, 0.717) is 35.3 Å². The van der Waals surface area contributed by atoms with Crippen LogP contribution < -0.4 is 19.9 Å². The van der Waals surface area contributed by atoms with E-state index in [-0.39, 0.29) is 0 Å². The van der Waals surface area contributed by atoms with Crippen LogP contribution in [0.4, 0.5) is 5.69 Å². The van der Waals surface area contributed by atoms with E-state index in [1.807, 2.05) is 31.2 Å². The van der Waals surface area contributed by atoms with Crippen molar-refractivity contribution in [2.75, 3.05) is 19.5 Å². The first kappa shape index (κ1) is 15.0. The largest absolute Gasteiger partial charge is 0.494 e. The molecule has 0 saturated carbocycles. The van der Waals surface area contributed by atoms with Crippen LogP contribution in [0.5, 0.6) is 23.0 Å². The Balaban J connectivity index is 2.29. The fourth-order valence-electron chi connectivity index (χ4n) is 2.05. The van der Waals surface area contributed by atoms with Gasteiger partial charge in [0, 0.05) is 23.9 Å². The Kier molecular flexibility index (Phi) is 4.93. The molecule has 2 aromatic carbocycles. The number of hydrogen-bond acceptors (Lipinski definition) is 4. The lowest BCUT2D eigenvalue weighted by Gasteiger charge is -2.13. The summed E-state index contributed by atoms with van der Waals surface area (Å²) in [5.74, 6) is 2.68. The Bertz CT molecular complexity index is 611. The molecule has 112 valence electrons. The minimum absolute atomic E-state index is 0.581. The zero-order chi connectivity index (χ0) is 15.2. The molecule has 21 heavy (non-hydrogen) atoms. The molecule has 0 saturated heterocycles. The van der Waals surface area contributed by atoms with Crippen molar-refractivity contribution in [2.24, 2.45) is 0 Å². The first-order valence-electron chi connectivity index (χ1n) is 7.04. The Morgan fingerprint density at radius 2 is 1.71 bits per heavy atom. The zero-order valence-corrected chi connectivity index (χ0v) is 12.7. The smallest absolute Gasteiger partial charge is 0.169 e. The van der Waals surface area contributed by atoms with E-state index >= 15 is 0 Å². The number of aryl methyl sites for hydroxylation is 1. The first-order valence-corrected chi connectivity index (χ1v) is 7.04. The van der Waals surface area contributed by atoms with Crippen molar-refractivity contribution >= 4 is 5.69 Å². The minimum atomic E-state index is 0.581. The summed E-state index contributed by atoms with van der Waals surface area (Å²) in [6, 6.07) is 11.2. The molecule has 0 aliphatic heterocycles. The van der Waals surface area contributed by atoms with Crippen LogP contribution in [-0.2, 0) is 6.42 Å². The maximum atomic E-state index is 5.88. The number of benzene rings is 2. The number of rotatable bonds is 6. The van der Waals surface area contributed by atoms with Crippen LogP contribution in [0.1, 0.15) is 19.4 Å². The third-order valence-electron chi connectivity index (χ3n) is 3.08. The molecule has 0 heterocycles. The lowest BCUT2D eigenvalue weighted by atomic mass is 10.1. The molecule has 0 unspecified atom stereocenters. The van der Waals surface area contributed by atoms with Crippen LogP contribution in [0.25, 0.3) is 0 Å². The van der Waals surface area contributed by atoms with Gasteiger partial charge in [-0.1, -0.05) is 13.0 Å². The van der Waals surface area contributed by atoms with Gasteiger partial charge in [-0.25, -0.2) is 0 Å². The van der Waals surface area contributed by atoms with Crippen molar-refractivity contribution in [1.82, 2.24) is 0 Å². The van der Waals surface area contributed by atoms with Gasteiger partial charge in [0.15, 0.2) is 11.5 Å². The fourth-order valence-corrected chi connectivity index (χ4v) is 2.05. The molecule has 0 fully saturated rings. The van der Waals surface area contributed by atoms with E-state index in [0.717, 1.165) is 6.42 Å². The minimum Gasteiger partial charge on any atom is -0.494 e. The molecule has 4 heteroatoms. The summed E-state index contributed by atoms with van der Waals surface area (Å²) in [4.78, 5) is 0. The van der Waals surface area contributed by atoms with Gasteiger partial charge in [0.05, 0.1) is 13.7 Å². The number of ether oxygens (including phenoxy) is 3. The molecule has 0 radical (unpaired) electrons. The average molecular weight is 287 g/mol. The summed E-state index contributed by atoms with van der Waals surface area (Å²) in [5, 5.41) is 0. The van der Waals surface area contributed by atoms with Gasteiger partial charge in [0.1, 0.15) is 11.5 Å². The van der Waals surface area contributed by atoms with Gasteiger partial charge in [-0.3, -0.25) is 0 Å². The molecular weight excluding hydrogens is 266 g/mol. The van der Waals surface area contributed by atoms with Gasteiger partial charge in [0.2, 0.25) is 0 Å². The standard InChI is InChI=1S/C17H21NO3/c1-4-12-6-7-16(17(8-12)19-3)21-15-10-13(18)9-14(11-15)20-5-2/h6-11H,4-5,18H2,1-3H3. The quantitative estimate of drug-likeness (QED) is 0.815. The second-order valence-corrected chi connectivity index (χ2v) is 4.61. The number of nitrogen functional groups attached to an aromatic ring is 1. The second-order valence-electron chi connectivity index (χ2n) is 4.61. The van der Waals surface area contributed by atoms with Crippen molar-refractivity contribution in [3.63, 3.8) is 0 Å². The van der Waals surface area contributed by atoms with Crippen molar-refractivity contribution in [3.05, 3.63) is 42.0 Å². The number of methoxy groups -OCH3 is 1. The van der Waals surface area contributed by atoms with E-state index in [1.165, 1.54) is 5.56 Å². The topological polar surface area (TPSA) is 53.7 Å². The van der Waals surface area contributed by atoms with Gasteiger partial charge in [-0.05, 0) is 31.0 Å². The van der Waals surface area contributed by atoms with Crippen LogP contribution in [0, 0.1) is 0 Å². The molecule has 2 rings (SSSR count). The van der Waals surface area contributed by atoms with Gasteiger partial charge in [-0.15, -0.1) is 0 Å². The highest BCUT2D eigenvalue weighted by molar-refractivity contribution is 5.53. The monoisotopic (exact) mass is 287 g/mol. The summed E-state index contributed by atoms with van der Waals surface area (Å²) in [6.45, 7) is 4.61. The Hall–Kier alpha value is -2.36. The van der Waals surface area contributed by atoms with Crippen LogP contribution in [-0.4, -0.2) is 13.7 Å². The summed E-state index contributed by atoms with van der Waals surface area (Å²) in [6.07, 6.45) is 0.948. The summed E-state index contributed by atoms with van der Waals surface area (Å²) < 4.78 is 16.7. The lowest BCUT2D eigenvalue weighted by Crippen LogP contribution is -1.96. The molecule has 0 atom stereocenters. The summed E-state index contributed by atoms with van der Waals surface area (Å²) in [5.41, 5.74) is 7.66. The van der Waals surface area contributed by atoms with Crippen LogP contribution in [0.15, 0.2) is 36.4 Å². The average Bonchev–Trinajstić information content (AvgIpc) is 2.47. The van der Waals surface area contributed by atoms with Crippen LogP contribution in [0.2, 0.25) is 0 Å². The maximum Gasteiger partial charge on any atom is 0.169 e. The number of hydrogen-bond donors (Lipinski definition) is 1. The highest BCUT2D eigenvalue weighted by atomic mass is 16.5.